The Hall–Kier alpha value is -2.26. The summed E-state index contributed by atoms with van der Waals surface area (Å²) in [5.41, 5.74) is 5.35. The average Bonchev–Trinajstić information content (AvgIpc) is 3.39. The number of allylic oxidation sites excluding steroid dienone is 1. The number of Topliss-reactive ketones (excluding diaryl/α,β-unsaturated/α-hetero) is 2. The van der Waals surface area contributed by atoms with E-state index in [9.17, 15) is 14.4 Å². The molecule has 9 heteroatoms. The van der Waals surface area contributed by atoms with Crippen LogP contribution in [0.15, 0.2) is 16.3 Å². The first-order chi connectivity index (χ1) is 16.3. The number of nitrogens with one attached hydrogen (secondary N) is 1. The van der Waals surface area contributed by atoms with E-state index in [1.165, 1.54) is 19.3 Å². The minimum Gasteiger partial charge on any atom is -0.449 e. The highest BCUT2D eigenvalue weighted by molar-refractivity contribution is 6.53. The van der Waals surface area contributed by atoms with Gasteiger partial charge in [-0.3, -0.25) is 14.6 Å². The maximum Gasteiger partial charge on any atom is 0.404 e. The van der Waals surface area contributed by atoms with Crippen molar-refractivity contribution in [3.05, 3.63) is 11.3 Å². The van der Waals surface area contributed by atoms with Gasteiger partial charge >= 0.3 is 6.09 Å². The molecule has 6 fully saturated rings. The predicted octanol–water partition coefficient (Wildman–Crippen LogP) is 1.16. The van der Waals surface area contributed by atoms with Crippen LogP contribution >= 0.6 is 0 Å². The number of hydrogen-bond acceptors (Lipinski definition) is 8. The van der Waals surface area contributed by atoms with Gasteiger partial charge in [0.25, 0.3) is 0 Å². The molecule has 4 saturated carbocycles. The van der Waals surface area contributed by atoms with E-state index in [1.807, 2.05) is 11.8 Å². The number of nitrogens with two attached hydrogens (primary N) is 1. The number of amides is 1. The Morgan fingerprint density at radius 3 is 2.41 bits per heavy atom. The lowest BCUT2D eigenvalue weighted by Gasteiger charge is -2.55. The highest BCUT2D eigenvalue weighted by Gasteiger charge is 2.73. The lowest BCUT2D eigenvalue weighted by atomic mass is 9.53. The molecule has 3 aliphatic heterocycles. The first-order valence-corrected chi connectivity index (χ1v) is 12.7. The third-order valence-electron chi connectivity index (χ3n) is 9.90. The second-order valence-corrected chi connectivity index (χ2v) is 11.8. The maximum absolute atomic E-state index is 14.1. The maximum atomic E-state index is 14.1. The summed E-state index contributed by atoms with van der Waals surface area (Å²) in [6.07, 6.45) is 6.03. The molecule has 3 heterocycles. The summed E-state index contributed by atoms with van der Waals surface area (Å²) < 4.78 is 11.3. The molecule has 0 radical (unpaired) electrons. The first kappa shape index (κ1) is 21.1. The van der Waals surface area contributed by atoms with Crippen LogP contribution in [0.25, 0.3) is 0 Å². The predicted molar refractivity (Wildman–Crippen MR) is 121 cm³/mol. The van der Waals surface area contributed by atoms with Crippen molar-refractivity contribution < 1.29 is 23.9 Å². The van der Waals surface area contributed by atoms with Crippen molar-refractivity contribution in [3.8, 4) is 0 Å². The summed E-state index contributed by atoms with van der Waals surface area (Å²) in [6, 6.07) is 0.148. The highest BCUT2D eigenvalue weighted by atomic mass is 16.6. The Morgan fingerprint density at radius 1 is 1.18 bits per heavy atom. The van der Waals surface area contributed by atoms with Crippen molar-refractivity contribution in [2.75, 3.05) is 20.3 Å². The van der Waals surface area contributed by atoms with Gasteiger partial charge in [-0.15, -0.1) is 0 Å². The zero-order valence-electron chi connectivity index (χ0n) is 19.7. The van der Waals surface area contributed by atoms with Crippen molar-refractivity contribution >= 4 is 23.4 Å². The van der Waals surface area contributed by atoms with Crippen LogP contribution in [-0.2, 0) is 19.1 Å². The van der Waals surface area contributed by atoms with Crippen molar-refractivity contribution in [2.24, 2.45) is 40.3 Å². The summed E-state index contributed by atoms with van der Waals surface area (Å²) in [7, 11) is 1.59. The second kappa shape index (κ2) is 6.69. The van der Waals surface area contributed by atoms with Crippen LogP contribution < -0.4 is 11.1 Å². The van der Waals surface area contributed by atoms with E-state index in [0.717, 1.165) is 19.3 Å². The van der Waals surface area contributed by atoms with Crippen molar-refractivity contribution in [1.82, 2.24) is 10.2 Å². The number of rotatable bonds is 4. The van der Waals surface area contributed by atoms with Gasteiger partial charge in [-0.2, -0.15) is 0 Å². The number of ether oxygens (including phenoxy) is 2. The minimum absolute atomic E-state index is 0.0379. The number of carbonyl (C=O) groups is 3. The third kappa shape index (κ3) is 2.57. The molecular formula is C25H32N4O5. The molecule has 9 nitrogen and oxygen atoms in total. The number of piperazine rings is 1. The van der Waals surface area contributed by atoms with Gasteiger partial charge in [-0.05, 0) is 63.2 Å². The lowest BCUT2D eigenvalue weighted by molar-refractivity contribution is -0.138. The number of methoxy groups -OCH3 is 1. The second-order valence-electron chi connectivity index (χ2n) is 11.8. The fraction of sp³-hybridized carbons (Fsp3) is 0.760. The molecule has 5 atom stereocenters. The lowest BCUT2D eigenvalue weighted by Crippen LogP contribution is -2.55. The van der Waals surface area contributed by atoms with Gasteiger partial charge in [0.15, 0.2) is 11.5 Å². The van der Waals surface area contributed by atoms with E-state index in [4.69, 9.17) is 20.2 Å². The number of carbonyl (C=O) groups excluding carboxylic acids is 3. The zero-order valence-corrected chi connectivity index (χ0v) is 19.7. The van der Waals surface area contributed by atoms with Crippen LogP contribution in [0.2, 0.25) is 0 Å². The first-order valence-electron chi connectivity index (χ1n) is 12.7. The average molecular weight is 469 g/mol. The SMILES string of the molecule is COC12C(COC(N)=O)C3=C(C(=O)C(C)C(=NC45CC6CC(CC(C6)C4)C5)C3=O)N1CC1NC12. The van der Waals surface area contributed by atoms with Crippen LogP contribution in [-0.4, -0.2) is 71.9 Å². The van der Waals surface area contributed by atoms with Gasteiger partial charge < -0.3 is 25.4 Å². The molecule has 0 aromatic heterocycles. The van der Waals surface area contributed by atoms with E-state index < -0.39 is 23.7 Å². The Kier molecular flexibility index (Phi) is 4.14. The molecule has 0 spiro atoms. The van der Waals surface area contributed by atoms with Crippen LogP contribution in [0.3, 0.4) is 0 Å². The number of fused-ring (bicyclic) bond motifs is 4. The molecule has 3 N–H and O–H groups in total. The normalized spacial score (nSPS) is 48.9. The van der Waals surface area contributed by atoms with Crippen LogP contribution in [0.5, 0.6) is 0 Å². The van der Waals surface area contributed by atoms with Gasteiger partial charge in [0.1, 0.15) is 6.61 Å². The highest BCUT2D eigenvalue weighted by Crippen LogP contribution is 2.59. The monoisotopic (exact) mass is 468 g/mol. The Bertz CT molecular complexity index is 1050. The molecule has 5 unspecified atom stereocenters. The fourth-order valence-electron chi connectivity index (χ4n) is 8.98. The standard InChI is InChI=1S/C25H32N4O5/c1-11-18(28-24-6-12-3-13(7-24)5-14(4-12)8-24)21(31)17-15(10-34-23(26)32)25(33-2)22-16(27-22)9-29(25)19(17)20(11)30/h11-16,22,27H,3-10H2,1-2H3,(H2,26,32). The Balaban J connectivity index is 1.31. The van der Waals surface area contributed by atoms with Crippen molar-refractivity contribution in [2.45, 2.75) is 68.8 Å². The minimum atomic E-state index is -0.939. The molecule has 8 aliphatic rings. The van der Waals surface area contributed by atoms with Gasteiger partial charge in [0.2, 0.25) is 5.78 Å². The molecule has 2 saturated heterocycles. The van der Waals surface area contributed by atoms with Gasteiger partial charge in [-0.25, -0.2) is 4.79 Å². The quantitative estimate of drug-likeness (QED) is 0.592. The van der Waals surface area contributed by atoms with Crippen LogP contribution in [0, 0.1) is 29.6 Å². The molecule has 182 valence electrons. The molecule has 8 rings (SSSR count). The largest absolute Gasteiger partial charge is 0.449 e. The molecule has 0 aromatic rings. The smallest absolute Gasteiger partial charge is 0.404 e. The van der Waals surface area contributed by atoms with E-state index in [1.54, 1.807) is 7.11 Å². The summed E-state index contributed by atoms with van der Waals surface area (Å²) in [6.45, 7) is 2.29. The Morgan fingerprint density at radius 2 is 1.82 bits per heavy atom. The molecule has 4 bridgehead atoms. The fourth-order valence-corrected chi connectivity index (χ4v) is 8.98. The zero-order chi connectivity index (χ0) is 23.6. The van der Waals surface area contributed by atoms with E-state index in [0.29, 0.717) is 41.3 Å². The van der Waals surface area contributed by atoms with Crippen molar-refractivity contribution in [1.29, 1.82) is 0 Å². The van der Waals surface area contributed by atoms with Gasteiger partial charge in [0, 0.05) is 25.3 Å². The van der Waals surface area contributed by atoms with E-state index in [-0.39, 0.29) is 35.8 Å². The number of hydrogen-bond donors (Lipinski definition) is 2. The van der Waals surface area contributed by atoms with Crippen LogP contribution in [0.1, 0.15) is 45.4 Å². The molecular weight excluding hydrogens is 436 g/mol. The summed E-state index contributed by atoms with van der Waals surface area (Å²) in [5, 5.41) is 3.40. The topological polar surface area (TPSA) is 133 Å². The third-order valence-corrected chi connectivity index (χ3v) is 9.90. The molecule has 1 amide bonds. The number of primary amides is 1. The summed E-state index contributed by atoms with van der Waals surface area (Å²) >= 11 is 0. The number of ketones is 2. The van der Waals surface area contributed by atoms with E-state index >= 15 is 0 Å². The van der Waals surface area contributed by atoms with Crippen molar-refractivity contribution in [3.63, 3.8) is 0 Å². The summed E-state index contributed by atoms with van der Waals surface area (Å²) in [4.78, 5) is 46.6. The number of aliphatic imine (C=N–C) groups is 1. The molecule has 0 aromatic carbocycles. The summed E-state index contributed by atoms with van der Waals surface area (Å²) in [5.74, 6) is 0.626. The number of nitrogens with zero attached hydrogens (tertiary/aromatic N) is 2. The Labute approximate surface area is 198 Å². The van der Waals surface area contributed by atoms with Gasteiger partial charge in [0.05, 0.1) is 34.8 Å². The molecule has 5 aliphatic carbocycles. The molecule has 34 heavy (non-hydrogen) atoms. The van der Waals surface area contributed by atoms with Crippen LogP contribution in [0.4, 0.5) is 4.79 Å². The van der Waals surface area contributed by atoms with E-state index in [2.05, 4.69) is 5.32 Å². The van der Waals surface area contributed by atoms with Gasteiger partial charge in [-0.1, -0.05) is 0 Å².